The molecule has 0 bridgehead atoms. The summed E-state index contributed by atoms with van der Waals surface area (Å²) in [4.78, 5) is 16.4. The van der Waals surface area contributed by atoms with Crippen molar-refractivity contribution in [2.24, 2.45) is 5.92 Å². The van der Waals surface area contributed by atoms with Crippen molar-refractivity contribution in [3.8, 4) is 5.75 Å². The van der Waals surface area contributed by atoms with Gasteiger partial charge in [-0.15, -0.1) is 0 Å². The number of amides is 2. The van der Waals surface area contributed by atoms with Crippen LogP contribution >= 0.6 is 0 Å². The molecule has 1 saturated carbocycles. The average molecular weight is 329 g/mol. The van der Waals surface area contributed by atoms with Crippen LogP contribution in [-0.2, 0) is 0 Å². The molecule has 0 spiro atoms. The van der Waals surface area contributed by atoms with Crippen molar-refractivity contribution in [3.05, 3.63) is 36.5 Å². The van der Waals surface area contributed by atoms with Gasteiger partial charge >= 0.3 is 6.03 Å². The van der Waals surface area contributed by atoms with E-state index in [1.807, 2.05) is 29.3 Å². The maximum atomic E-state index is 12.3. The van der Waals surface area contributed by atoms with E-state index < -0.39 is 0 Å². The number of para-hydroxylation sites is 2. The first kappa shape index (κ1) is 16.7. The van der Waals surface area contributed by atoms with Gasteiger partial charge in [0, 0.05) is 32.4 Å². The molecule has 1 aliphatic carbocycles. The summed E-state index contributed by atoms with van der Waals surface area (Å²) in [5.41, 5.74) is 1.10. The number of urea groups is 1. The molecular formula is C19H27N3O2. The van der Waals surface area contributed by atoms with Crippen molar-refractivity contribution in [1.82, 2.24) is 10.2 Å². The molecule has 0 radical (unpaired) electrons. The number of hydrogen-bond acceptors (Lipinski definition) is 3. The van der Waals surface area contributed by atoms with Crippen LogP contribution in [-0.4, -0.2) is 44.2 Å². The fourth-order valence-electron chi connectivity index (χ4n) is 3.54. The molecule has 24 heavy (non-hydrogen) atoms. The minimum Gasteiger partial charge on any atom is -0.495 e. The fourth-order valence-corrected chi connectivity index (χ4v) is 3.54. The third-order valence-electron chi connectivity index (χ3n) is 4.97. The summed E-state index contributed by atoms with van der Waals surface area (Å²) in [6.45, 7) is 3.09. The zero-order chi connectivity index (χ0) is 16.8. The van der Waals surface area contributed by atoms with E-state index in [1.54, 1.807) is 7.11 Å². The van der Waals surface area contributed by atoms with Gasteiger partial charge in [0.25, 0.3) is 0 Å². The molecule has 5 heteroatoms. The van der Waals surface area contributed by atoms with Crippen LogP contribution in [0.1, 0.15) is 25.7 Å². The first-order valence-corrected chi connectivity index (χ1v) is 8.88. The molecule has 1 N–H and O–H groups in total. The Balaban J connectivity index is 1.48. The number of nitrogens with zero attached hydrogens (tertiary/aromatic N) is 2. The van der Waals surface area contributed by atoms with Crippen molar-refractivity contribution in [2.45, 2.75) is 25.7 Å². The van der Waals surface area contributed by atoms with Crippen LogP contribution in [0.3, 0.4) is 0 Å². The Bertz CT molecular complexity index is 574. The summed E-state index contributed by atoms with van der Waals surface area (Å²) in [6.07, 6.45) is 9.12. The van der Waals surface area contributed by atoms with E-state index in [2.05, 4.69) is 22.4 Å². The number of allylic oxidation sites excluding steroid dienone is 1. The first-order chi connectivity index (χ1) is 11.8. The Hall–Kier alpha value is -2.17. The van der Waals surface area contributed by atoms with Gasteiger partial charge in [0.1, 0.15) is 5.75 Å². The molecule has 0 atom stereocenters. The van der Waals surface area contributed by atoms with E-state index in [-0.39, 0.29) is 6.03 Å². The fraction of sp³-hybridized carbons (Fsp3) is 0.526. The SMILES string of the molecule is COc1ccccc1N1CCN(C(=O)N/C=C/C2CCCC2)CC1. The second-order valence-corrected chi connectivity index (χ2v) is 6.50. The Morgan fingerprint density at radius 3 is 2.58 bits per heavy atom. The highest BCUT2D eigenvalue weighted by Gasteiger charge is 2.22. The van der Waals surface area contributed by atoms with Gasteiger partial charge in [0.15, 0.2) is 0 Å². The lowest BCUT2D eigenvalue weighted by atomic mass is 10.1. The molecule has 130 valence electrons. The highest BCUT2D eigenvalue weighted by molar-refractivity contribution is 5.75. The number of anilines is 1. The van der Waals surface area contributed by atoms with E-state index in [4.69, 9.17) is 4.74 Å². The number of hydrogen-bond donors (Lipinski definition) is 1. The summed E-state index contributed by atoms with van der Waals surface area (Å²) in [6, 6.07) is 8.04. The van der Waals surface area contributed by atoms with Gasteiger partial charge in [-0.3, -0.25) is 0 Å². The van der Waals surface area contributed by atoms with Crippen molar-refractivity contribution in [3.63, 3.8) is 0 Å². The molecule has 1 aromatic rings. The topological polar surface area (TPSA) is 44.8 Å². The van der Waals surface area contributed by atoms with E-state index in [0.29, 0.717) is 5.92 Å². The van der Waals surface area contributed by atoms with Gasteiger partial charge in [0.2, 0.25) is 0 Å². The molecular weight excluding hydrogens is 302 g/mol. The zero-order valence-electron chi connectivity index (χ0n) is 14.4. The Kier molecular flexibility index (Phi) is 5.62. The molecule has 1 heterocycles. The molecule has 2 fully saturated rings. The Morgan fingerprint density at radius 2 is 1.88 bits per heavy atom. The smallest absolute Gasteiger partial charge is 0.321 e. The monoisotopic (exact) mass is 329 g/mol. The molecule has 2 amide bonds. The lowest BCUT2D eigenvalue weighted by Gasteiger charge is -2.36. The number of methoxy groups -OCH3 is 1. The van der Waals surface area contributed by atoms with Gasteiger partial charge in [-0.1, -0.05) is 31.1 Å². The number of rotatable bonds is 4. The number of benzene rings is 1. The maximum absolute atomic E-state index is 12.3. The number of ether oxygens (including phenoxy) is 1. The van der Waals surface area contributed by atoms with E-state index in [1.165, 1.54) is 25.7 Å². The molecule has 0 unspecified atom stereocenters. The summed E-state index contributed by atoms with van der Waals surface area (Å²) >= 11 is 0. The normalized spacial score (nSPS) is 19.0. The van der Waals surface area contributed by atoms with Crippen LogP contribution in [0.15, 0.2) is 36.5 Å². The third-order valence-corrected chi connectivity index (χ3v) is 4.97. The van der Waals surface area contributed by atoms with E-state index in [0.717, 1.165) is 37.6 Å². The van der Waals surface area contributed by atoms with Gasteiger partial charge in [0.05, 0.1) is 12.8 Å². The lowest BCUT2D eigenvalue weighted by Crippen LogP contribution is -2.51. The van der Waals surface area contributed by atoms with Crippen molar-refractivity contribution < 1.29 is 9.53 Å². The highest BCUT2D eigenvalue weighted by Crippen LogP contribution is 2.28. The maximum Gasteiger partial charge on any atom is 0.321 e. The van der Waals surface area contributed by atoms with Gasteiger partial charge in [-0.25, -0.2) is 4.79 Å². The van der Waals surface area contributed by atoms with E-state index >= 15 is 0 Å². The molecule has 1 aliphatic heterocycles. The number of piperazine rings is 1. The molecule has 2 aliphatic rings. The minimum atomic E-state index is 0.00363. The zero-order valence-corrected chi connectivity index (χ0v) is 14.4. The highest BCUT2D eigenvalue weighted by atomic mass is 16.5. The van der Waals surface area contributed by atoms with Gasteiger partial charge < -0.3 is 19.9 Å². The summed E-state index contributed by atoms with van der Waals surface area (Å²) in [5.74, 6) is 1.53. The molecule has 3 rings (SSSR count). The van der Waals surface area contributed by atoms with Crippen LogP contribution in [0.2, 0.25) is 0 Å². The summed E-state index contributed by atoms with van der Waals surface area (Å²) < 4.78 is 5.43. The van der Waals surface area contributed by atoms with Gasteiger partial charge in [-0.2, -0.15) is 0 Å². The van der Waals surface area contributed by atoms with Crippen molar-refractivity contribution in [2.75, 3.05) is 38.2 Å². The number of carbonyl (C=O) groups excluding carboxylic acids is 1. The lowest BCUT2D eigenvalue weighted by molar-refractivity contribution is 0.198. The number of carbonyl (C=O) groups is 1. The largest absolute Gasteiger partial charge is 0.495 e. The molecule has 1 saturated heterocycles. The van der Waals surface area contributed by atoms with Crippen LogP contribution < -0.4 is 15.0 Å². The molecule has 1 aromatic carbocycles. The van der Waals surface area contributed by atoms with E-state index in [9.17, 15) is 4.79 Å². The van der Waals surface area contributed by atoms with Crippen LogP contribution in [0.5, 0.6) is 5.75 Å². The predicted octanol–water partition coefficient (Wildman–Crippen LogP) is 3.23. The van der Waals surface area contributed by atoms with Crippen LogP contribution in [0.4, 0.5) is 10.5 Å². The Labute approximate surface area is 144 Å². The quantitative estimate of drug-likeness (QED) is 0.922. The third kappa shape index (κ3) is 4.02. The van der Waals surface area contributed by atoms with Gasteiger partial charge in [-0.05, 0) is 30.9 Å². The summed E-state index contributed by atoms with van der Waals surface area (Å²) in [7, 11) is 1.69. The van der Waals surface area contributed by atoms with Crippen molar-refractivity contribution >= 4 is 11.7 Å². The van der Waals surface area contributed by atoms with Crippen LogP contribution in [0.25, 0.3) is 0 Å². The average Bonchev–Trinajstić information content (AvgIpc) is 3.15. The van der Waals surface area contributed by atoms with Crippen molar-refractivity contribution in [1.29, 1.82) is 0 Å². The second-order valence-electron chi connectivity index (χ2n) is 6.50. The first-order valence-electron chi connectivity index (χ1n) is 8.88. The van der Waals surface area contributed by atoms with Crippen LogP contribution in [0, 0.1) is 5.92 Å². The summed E-state index contributed by atoms with van der Waals surface area (Å²) in [5, 5.41) is 2.92. The molecule has 5 nitrogen and oxygen atoms in total. The Morgan fingerprint density at radius 1 is 1.17 bits per heavy atom. The standard InChI is InChI=1S/C19H27N3O2/c1-24-18-9-5-4-8-17(18)21-12-14-22(15-13-21)19(23)20-11-10-16-6-2-3-7-16/h4-5,8-11,16H,2-3,6-7,12-15H2,1H3,(H,20,23)/b11-10+. The minimum absolute atomic E-state index is 0.00363. The number of nitrogens with one attached hydrogen (secondary N) is 1. The predicted molar refractivity (Wildman–Crippen MR) is 96.4 cm³/mol. The molecule has 0 aromatic heterocycles. The second kappa shape index (κ2) is 8.08.